The van der Waals surface area contributed by atoms with Gasteiger partial charge in [0.2, 0.25) is 5.91 Å². The van der Waals surface area contributed by atoms with Gasteiger partial charge in [-0.05, 0) is 31.7 Å². The van der Waals surface area contributed by atoms with Gasteiger partial charge < -0.3 is 10.2 Å². The van der Waals surface area contributed by atoms with Crippen molar-refractivity contribution in [3.63, 3.8) is 0 Å². The van der Waals surface area contributed by atoms with E-state index in [1.165, 1.54) is 0 Å². The second-order valence-electron chi connectivity index (χ2n) is 4.12. The fourth-order valence-electron chi connectivity index (χ4n) is 2.22. The lowest BCUT2D eigenvalue weighted by molar-refractivity contribution is -0.118. The van der Waals surface area contributed by atoms with E-state index in [1.807, 2.05) is 35.7 Å². The summed E-state index contributed by atoms with van der Waals surface area (Å²) in [5, 5.41) is 3.04. The van der Waals surface area contributed by atoms with Gasteiger partial charge in [-0.1, -0.05) is 0 Å². The molecule has 5 heteroatoms. The zero-order chi connectivity index (χ0) is 11.8. The molecule has 17 heavy (non-hydrogen) atoms. The zero-order valence-electron chi connectivity index (χ0n) is 9.51. The maximum Gasteiger partial charge on any atom is 0.244 e. The summed E-state index contributed by atoms with van der Waals surface area (Å²) in [5.41, 5.74) is 3.80. The van der Waals surface area contributed by atoms with Crippen LogP contribution in [0.15, 0.2) is 23.7 Å². The molecule has 1 fully saturated rings. The number of carbonyl (C=O) groups is 1. The minimum atomic E-state index is -0.0350. The number of aromatic nitrogens is 1. The van der Waals surface area contributed by atoms with Gasteiger partial charge in [0, 0.05) is 12.2 Å². The fourth-order valence-corrected chi connectivity index (χ4v) is 2.93. The molecule has 1 N–H and O–H groups in total. The van der Waals surface area contributed by atoms with Crippen LogP contribution in [0.3, 0.4) is 0 Å². The third-order valence-corrected chi connectivity index (χ3v) is 3.97. The van der Waals surface area contributed by atoms with Crippen LogP contribution >= 0.6 is 11.3 Å². The first-order valence-corrected chi connectivity index (χ1v) is 6.49. The molecular formula is C12H13N3OS. The standard InChI is InChI=1S/C12H13N3OS/c1-13-10-4-5-15(12(10)16)8-2-3-9-11(6-8)17-7-14-9/h2-3,6-7,10,13H,4-5H2,1H3. The van der Waals surface area contributed by atoms with Crippen molar-refractivity contribution in [2.75, 3.05) is 18.5 Å². The maximum atomic E-state index is 12.1. The van der Waals surface area contributed by atoms with Crippen molar-refractivity contribution in [1.29, 1.82) is 0 Å². The van der Waals surface area contributed by atoms with Crippen molar-refractivity contribution in [3.8, 4) is 0 Å². The molecule has 1 amide bonds. The Kier molecular flexibility index (Phi) is 2.57. The van der Waals surface area contributed by atoms with Gasteiger partial charge in [-0.15, -0.1) is 11.3 Å². The van der Waals surface area contributed by atoms with E-state index in [2.05, 4.69) is 10.3 Å². The number of thiazole rings is 1. The van der Waals surface area contributed by atoms with Crippen molar-refractivity contribution in [2.24, 2.45) is 0 Å². The summed E-state index contributed by atoms with van der Waals surface area (Å²) in [6.45, 7) is 0.786. The molecule has 3 rings (SSSR count). The van der Waals surface area contributed by atoms with Gasteiger partial charge in [-0.2, -0.15) is 0 Å². The Morgan fingerprint density at radius 2 is 2.41 bits per heavy atom. The molecule has 0 aliphatic carbocycles. The number of nitrogens with zero attached hydrogens (tertiary/aromatic N) is 2. The van der Waals surface area contributed by atoms with Crippen molar-refractivity contribution in [1.82, 2.24) is 10.3 Å². The quantitative estimate of drug-likeness (QED) is 0.877. The predicted octanol–water partition coefficient (Wildman–Crippen LogP) is 1.62. The lowest BCUT2D eigenvalue weighted by atomic mass is 10.2. The molecule has 0 saturated carbocycles. The number of carbonyl (C=O) groups excluding carboxylic acids is 1. The first-order chi connectivity index (χ1) is 8.29. The number of fused-ring (bicyclic) bond motifs is 1. The van der Waals surface area contributed by atoms with E-state index in [4.69, 9.17) is 0 Å². The van der Waals surface area contributed by atoms with Crippen molar-refractivity contribution in [3.05, 3.63) is 23.7 Å². The molecule has 0 bridgehead atoms. The van der Waals surface area contributed by atoms with Crippen LogP contribution in [0.25, 0.3) is 10.2 Å². The summed E-state index contributed by atoms with van der Waals surface area (Å²) in [7, 11) is 1.83. The maximum absolute atomic E-state index is 12.1. The average Bonchev–Trinajstić information content (AvgIpc) is 2.94. The van der Waals surface area contributed by atoms with E-state index >= 15 is 0 Å². The van der Waals surface area contributed by atoms with E-state index in [9.17, 15) is 4.79 Å². The monoisotopic (exact) mass is 247 g/mol. The largest absolute Gasteiger partial charge is 0.311 e. The van der Waals surface area contributed by atoms with Crippen LogP contribution in [0, 0.1) is 0 Å². The van der Waals surface area contributed by atoms with Crippen LogP contribution < -0.4 is 10.2 Å². The van der Waals surface area contributed by atoms with Gasteiger partial charge in [-0.3, -0.25) is 4.79 Å². The molecule has 1 unspecified atom stereocenters. The van der Waals surface area contributed by atoms with Gasteiger partial charge in [-0.25, -0.2) is 4.98 Å². The Balaban J connectivity index is 1.96. The normalized spacial score (nSPS) is 20.4. The van der Waals surface area contributed by atoms with Crippen LogP contribution in [0.2, 0.25) is 0 Å². The second-order valence-corrected chi connectivity index (χ2v) is 5.01. The summed E-state index contributed by atoms with van der Waals surface area (Å²) in [5.74, 6) is 0.163. The fraction of sp³-hybridized carbons (Fsp3) is 0.333. The number of amides is 1. The molecule has 1 aliphatic heterocycles. The highest BCUT2D eigenvalue weighted by Crippen LogP contribution is 2.27. The van der Waals surface area contributed by atoms with Crippen LogP contribution in [-0.4, -0.2) is 30.5 Å². The van der Waals surface area contributed by atoms with Crippen molar-refractivity contribution >= 4 is 33.1 Å². The molecule has 2 heterocycles. The van der Waals surface area contributed by atoms with E-state index in [-0.39, 0.29) is 11.9 Å². The molecule has 1 aliphatic rings. The molecular weight excluding hydrogens is 234 g/mol. The molecule has 1 aromatic carbocycles. The SMILES string of the molecule is CNC1CCN(c2ccc3ncsc3c2)C1=O. The van der Waals surface area contributed by atoms with Crippen LogP contribution in [0.1, 0.15) is 6.42 Å². The van der Waals surface area contributed by atoms with Crippen molar-refractivity contribution < 1.29 is 4.79 Å². The third kappa shape index (κ3) is 1.71. The number of benzene rings is 1. The Bertz CT molecular complexity index is 566. The molecule has 0 radical (unpaired) electrons. The summed E-state index contributed by atoms with van der Waals surface area (Å²) >= 11 is 1.60. The highest BCUT2D eigenvalue weighted by molar-refractivity contribution is 7.16. The highest BCUT2D eigenvalue weighted by Gasteiger charge is 2.31. The van der Waals surface area contributed by atoms with Crippen LogP contribution in [0.4, 0.5) is 5.69 Å². The first-order valence-electron chi connectivity index (χ1n) is 5.61. The van der Waals surface area contributed by atoms with E-state index in [0.29, 0.717) is 0 Å². The topological polar surface area (TPSA) is 45.2 Å². The first kappa shape index (κ1) is 10.7. The minimum absolute atomic E-state index is 0.0350. The molecule has 1 saturated heterocycles. The van der Waals surface area contributed by atoms with E-state index in [0.717, 1.165) is 28.9 Å². The Morgan fingerprint density at radius 1 is 1.53 bits per heavy atom. The Labute approximate surface area is 103 Å². The average molecular weight is 247 g/mol. The van der Waals surface area contributed by atoms with Crippen molar-refractivity contribution in [2.45, 2.75) is 12.5 Å². The highest BCUT2D eigenvalue weighted by atomic mass is 32.1. The summed E-state index contributed by atoms with van der Waals surface area (Å²) < 4.78 is 1.13. The zero-order valence-corrected chi connectivity index (χ0v) is 10.3. The molecule has 88 valence electrons. The number of anilines is 1. The third-order valence-electron chi connectivity index (χ3n) is 3.18. The number of rotatable bonds is 2. The number of hydrogen-bond acceptors (Lipinski definition) is 4. The van der Waals surface area contributed by atoms with Gasteiger partial charge in [0.1, 0.15) is 0 Å². The summed E-state index contributed by atoms with van der Waals surface area (Å²) in [6, 6.07) is 5.95. The van der Waals surface area contributed by atoms with Gasteiger partial charge >= 0.3 is 0 Å². The van der Waals surface area contributed by atoms with Crippen LogP contribution in [-0.2, 0) is 4.79 Å². The lowest BCUT2D eigenvalue weighted by Gasteiger charge is -2.16. The Hall–Kier alpha value is -1.46. The van der Waals surface area contributed by atoms with Gasteiger partial charge in [0.15, 0.2) is 0 Å². The predicted molar refractivity (Wildman–Crippen MR) is 69.4 cm³/mol. The lowest BCUT2D eigenvalue weighted by Crippen LogP contribution is -2.36. The molecule has 2 aromatic rings. The van der Waals surface area contributed by atoms with E-state index in [1.54, 1.807) is 11.3 Å². The van der Waals surface area contributed by atoms with Crippen LogP contribution in [0.5, 0.6) is 0 Å². The molecule has 1 atom stereocenters. The Morgan fingerprint density at radius 3 is 3.18 bits per heavy atom. The molecule has 4 nitrogen and oxygen atoms in total. The second kappa shape index (κ2) is 4.09. The minimum Gasteiger partial charge on any atom is -0.311 e. The smallest absolute Gasteiger partial charge is 0.244 e. The molecule has 0 spiro atoms. The van der Waals surface area contributed by atoms with Gasteiger partial charge in [0.25, 0.3) is 0 Å². The summed E-state index contributed by atoms with van der Waals surface area (Å²) in [6.07, 6.45) is 0.871. The van der Waals surface area contributed by atoms with Gasteiger partial charge in [0.05, 0.1) is 21.8 Å². The number of likely N-dealkylation sites (N-methyl/N-ethyl adjacent to an activating group) is 1. The number of nitrogens with one attached hydrogen (secondary N) is 1. The molecule has 1 aromatic heterocycles. The van der Waals surface area contributed by atoms with E-state index < -0.39 is 0 Å². The summed E-state index contributed by atoms with van der Waals surface area (Å²) in [4.78, 5) is 18.1. The number of hydrogen-bond donors (Lipinski definition) is 1.